The van der Waals surface area contributed by atoms with Crippen molar-refractivity contribution in [1.29, 1.82) is 0 Å². The van der Waals surface area contributed by atoms with E-state index in [1.165, 1.54) is 12.3 Å². The Morgan fingerprint density at radius 3 is 1.88 bits per heavy atom. The molecule has 0 aliphatic carbocycles. The van der Waals surface area contributed by atoms with Gasteiger partial charge in [0.15, 0.2) is 0 Å². The van der Waals surface area contributed by atoms with Crippen molar-refractivity contribution in [1.82, 2.24) is 0 Å². The summed E-state index contributed by atoms with van der Waals surface area (Å²) < 4.78 is 0. The minimum Gasteiger partial charge on any atom is -0.103 e. The van der Waals surface area contributed by atoms with Crippen molar-refractivity contribution in [2.45, 2.75) is 0 Å². The molecule has 0 atom stereocenters. The van der Waals surface area contributed by atoms with Crippen LogP contribution in [0.15, 0.2) is 25.3 Å². The monoisotopic (exact) mass is 128 g/mol. The molecule has 1 heteroatoms. The van der Waals surface area contributed by atoms with Gasteiger partial charge < -0.3 is 0 Å². The molecular weight excluding hydrogens is 115 g/mol. The zero-order valence-corrected chi connectivity index (χ0v) is 6.32. The summed E-state index contributed by atoms with van der Waals surface area (Å²) in [5.74, 6) is 0. The van der Waals surface area contributed by atoms with Crippen LogP contribution in [0.4, 0.5) is 0 Å². The van der Waals surface area contributed by atoms with Crippen molar-refractivity contribution in [3.05, 3.63) is 25.3 Å². The van der Waals surface area contributed by atoms with Crippen LogP contribution < -0.4 is 0 Å². The van der Waals surface area contributed by atoms with Crippen molar-refractivity contribution in [3.8, 4) is 0 Å². The number of allylic oxidation sites excluding steroid dienone is 2. The van der Waals surface area contributed by atoms with Crippen molar-refractivity contribution in [2.75, 3.05) is 19.0 Å². The zero-order valence-electron chi connectivity index (χ0n) is 5.43. The predicted molar refractivity (Wildman–Crippen MR) is 43.0 cm³/mol. The van der Waals surface area contributed by atoms with E-state index in [-0.39, 0.29) is 7.92 Å². The minimum atomic E-state index is 0.183. The van der Waals surface area contributed by atoms with E-state index >= 15 is 0 Å². The third-order valence-corrected chi connectivity index (χ3v) is 2.64. The van der Waals surface area contributed by atoms with Crippen LogP contribution in [0.25, 0.3) is 0 Å². The lowest BCUT2D eigenvalue weighted by Gasteiger charge is -2.02. The largest absolute Gasteiger partial charge is 0.103 e. The molecule has 0 heterocycles. The Labute approximate surface area is 53.0 Å². The van der Waals surface area contributed by atoms with Crippen molar-refractivity contribution in [2.24, 2.45) is 0 Å². The van der Waals surface area contributed by atoms with E-state index in [1.807, 2.05) is 12.2 Å². The average molecular weight is 128 g/mol. The molecule has 46 valence electrons. The molecule has 0 aromatic carbocycles. The van der Waals surface area contributed by atoms with Gasteiger partial charge in [-0.2, -0.15) is 0 Å². The zero-order chi connectivity index (χ0) is 6.41. The smallest absolute Gasteiger partial charge is 0.0147 e. The Morgan fingerprint density at radius 1 is 1.25 bits per heavy atom. The van der Waals surface area contributed by atoms with Crippen LogP contribution in [-0.2, 0) is 0 Å². The van der Waals surface area contributed by atoms with E-state index < -0.39 is 0 Å². The Bertz CT molecular complexity index is 66.5. The second kappa shape index (κ2) is 5.05. The van der Waals surface area contributed by atoms with Crippen LogP contribution in [0, 0.1) is 0 Å². The molecule has 0 aliphatic heterocycles. The molecule has 0 aliphatic rings. The van der Waals surface area contributed by atoms with Gasteiger partial charge in [-0.1, -0.05) is 12.2 Å². The lowest BCUT2D eigenvalue weighted by molar-refractivity contribution is 1.66. The van der Waals surface area contributed by atoms with E-state index in [2.05, 4.69) is 19.8 Å². The quantitative estimate of drug-likeness (QED) is 0.403. The summed E-state index contributed by atoms with van der Waals surface area (Å²) in [4.78, 5) is 0. The van der Waals surface area contributed by atoms with Gasteiger partial charge in [-0.05, 0) is 19.0 Å². The molecule has 0 amide bonds. The van der Waals surface area contributed by atoms with Gasteiger partial charge >= 0.3 is 0 Å². The summed E-state index contributed by atoms with van der Waals surface area (Å²) in [6.07, 6.45) is 6.30. The minimum absolute atomic E-state index is 0.183. The first-order valence-corrected chi connectivity index (χ1v) is 4.87. The highest BCUT2D eigenvalue weighted by atomic mass is 31.1. The third kappa shape index (κ3) is 4.08. The topological polar surface area (TPSA) is 0 Å². The number of hydrogen-bond acceptors (Lipinski definition) is 0. The highest BCUT2D eigenvalue weighted by molar-refractivity contribution is 7.57. The van der Waals surface area contributed by atoms with Gasteiger partial charge in [0.2, 0.25) is 0 Å². The van der Waals surface area contributed by atoms with Gasteiger partial charge in [-0.25, -0.2) is 0 Å². The summed E-state index contributed by atoms with van der Waals surface area (Å²) in [5, 5.41) is 0. The molecule has 0 fully saturated rings. The summed E-state index contributed by atoms with van der Waals surface area (Å²) in [7, 11) is 0.183. The van der Waals surface area contributed by atoms with E-state index in [9.17, 15) is 0 Å². The van der Waals surface area contributed by atoms with E-state index in [0.717, 1.165) is 0 Å². The fourth-order valence-electron chi connectivity index (χ4n) is 0.515. The predicted octanol–water partition coefficient (Wildman–Crippen LogP) is 2.47. The van der Waals surface area contributed by atoms with Crippen molar-refractivity contribution >= 4 is 7.92 Å². The fourth-order valence-corrected chi connectivity index (χ4v) is 1.55. The second-order valence-corrected chi connectivity index (χ2v) is 4.24. The lowest BCUT2D eigenvalue weighted by Crippen LogP contribution is -1.79. The molecule has 0 spiro atoms. The third-order valence-electron chi connectivity index (χ3n) is 0.882. The molecule has 0 nitrogen and oxygen atoms in total. The van der Waals surface area contributed by atoms with Gasteiger partial charge in [0, 0.05) is 0 Å². The van der Waals surface area contributed by atoms with E-state index in [0.29, 0.717) is 0 Å². The summed E-state index contributed by atoms with van der Waals surface area (Å²) in [5.41, 5.74) is 0. The van der Waals surface area contributed by atoms with Crippen LogP contribution >= 0.6 is 7.92 Å². The van der Waals surface area contributed by atoms with Gasteiger partial charge in [0.1, 0.15) is 0 Å². The molecule has 0 unspecified atom stereocenters. The molecule has 8 heavy (non-hydrogen) atoms. The van der Waals surface area contributed by atoms with Crippen LogP contribution in [0.5, 0.6) is 0 Å². The Kier molecular flexibility index (Phi) is 5.00. The molecule has 0 aromatic rings. The SMILES string of the molecule is C=CCP(C)CC=C. The molecule has 0 saturated carbocycles. The van der Waals surface area contributed by atoms with Gasteiger partial charge in [0.05, 0.1) is 0 Å². The molecule has 0 aromatic heterocycles. The molecular formula is C7H13P. The van der Waals surface area contributed by atoms with Crippen molar-refractivity contribution < 1.29 is 0 Å². The van der Waals surface area contributed by atoms with Gasteiger partial charge in [-0.3, -0.25) is 0 Å². The van der Waals surface area contributed by atoms with Crippen LogP contribution in [0.1, 0.15) is 0 Å². The number of rotatable bonds is 4. The fraction of sp³-hybridized carbons (Fsp3) is 0.429. The maximum absolute atomic E-state index is 3.66. The normalized spacial score (nSPS) is 9.25. The first-order chi connectivity index (χ1) is 3.81. The van der Waals surface area contributed by atoms with Crippen LogP contribution in [0.2, 0.25) is 0 Å². The maximum Gasteiger partial charge on any atom is -0.0147 e. The number of hydrogen-bond donors (Lipinski definition) is 0. The molecule has 0 saturated heterocycles. The average Bonchev–Trinajstić information content (AvgIpc) is 1.68. The Hall–Kier alpha value is -0.0900. The molecule has 0 rings (SSSR count). The summed E-state index contributed by atoms with van der Waals surface area (Å²) >= 11 is 0. The molecule has 0 bridgehead atoms. The highest BCUT2D eigenvalue weighted by Gasteiger charge is 1.91. The molecule has 0 radical (unpaired) electrons. The van der Waals surface area contributed by atoms with E-state index in [1.54, 1.807) is 0 Å². The van der Waals surface area contributed by atoms with Gasteiger partial charge in [0.25, 0.3) is 0 Å². The Morgan fingerprint density at radius 2 is 1.62 bits per heavy atom. The standard InChI is InChI=1S/C7H13P/c1-4-6-8(3)7-5-2/h4-5H,1-2,6-7H2,3H3. The lowest BCUT2D eigenvalue weighted by atomic mass is 10.8. The first-order valence-electron chi connectivity index (χ1n) is 2.71. The summed E-state index contributed by atoms with van der Waals surface area (Å²) in [6, 6.07) is 0. The van der Waals surface area contributed by atoms with Gasteiger partial charge in [-0.15, -0.1) is 21.1 Å². The summed E-state index contributed by atoms with van der Waals surface area (Å²) in [6.45, 7) is 9.59. The first kappa shape index (κ1) is 7.91. The highest BCUT2D eigenvalue weighted by Crippen LogP contribution is 2.29. The van der Waals surface area contributed by atoms with E-state index in [4.69, 9.17) is 0 Å². The van der Waals surface area contributed by atoms with Crippen LogP contribution in [0.3, 0.4) is 0 Å². The maximum atomic E-state index is 3.66. The molecule has 0 N–H and O–H groups in total. The van der Waals surface area contributed by atoms with Crippen LogP contribution in [-0.4, -0.2) is 19.0 Å². The Balaban J connectivity index is 3.16. The van der Waals surface area contributed by atoms with Crippen molar-refractivity contribution in [3.63, 3.8) is 0 Å². The second-order valence-electron chi connectivity index (χ2n) is 1.80.